The number of rotatable bonds is 13. The molecule has 9 aromatic rings. The minimum atomic E-state index is 0.233. The van der Waals surface area contributed by atoms with E-state index in [1.165, 1.54) is 94.6 Å². The quantitative estimate of drug-likeness (QED) is 0.117. The van der Waals surface area contributed by atoms with Crippen LogP contribution in [0.15, 0.2) is 229 Å². The molecule has 0 aliphatic carbocycles. The summed E-state index contributed by atoms with van der Waals surface area (Å²) in [5.41, 5.74) is 19.5. The van der Waals surface area contributed by atoms with Gasteiger partial charge in [0.05, 0.1) is 17.9 Å². The molecule has 9 aromatic carbocycles. The first-order valence-corrected chi connectivity index (χ1v) is 23.0. The van der Waals surface area contributed by atoms with Gasteiger partial charge in [-0.1, -0.05) is 207 Å². The molecule has 316 valence electrons. The topological polar surface area (TPSA) is 27.6 Å². The van der Waals surface area contributed by atoms with E-state index < -0.39 is 0 Å². The van der Waals surface area contributed by atoms with Crippen LogP contribution < -0.4 is 10.2 Å². The number of hydrogen-bond donors (Lipinski definition) is 1. The Kier molecular flexibility index (Phi) is 12.0. The van der Waals surface area contributed by atoms with Gasteiger partial charge >= 0.3 is 0 Å². The molecular weight excluding hydrogens is 787 g/mol. The first-order valence-electron chi connectivity index (χ1n) is 23.0. The van der Waals surface area contributed by atoms with Crippen LogP contribution in [0, 0.1) is 0 Å². The summed E-state index contributed by atoms with van der Waals surface area (Å²) in [6.45, 7) is 5.13. The molecule has 0 saturated carbocycles. The second-order valence-corrected chi connectivity index (χ2v) is 16.9. The van der Waals surface area contributed by atoms with Crippen molar-refractivity contribution in [2.45, 2.75) is 45.8 Å². The Hall–Kier alpha value is -7.75. The Bertz CT molecular complexity index is 3110. The van der Waals surface area contributed by atoms with Crippen LogP contribution in [0.5, 0.6) is 0 Å². The SMILES string of the molecule is CCC1Nc2ccccc2N1c1ccc(-c2ccccc2-c2cccc3c(-c4ccc(/C(C)=C/CC/C(=N\Cc5ccccc5)c5ccc(-c6ccccc6)cc5)cc4)cccc23)cc1. The summed E-state index contributed by atoms with van der Waals surface area (Å²) in [5, 5.41) is 6.20. The van der Waals surface area contributed by atoms with Crippen molar-refractivity contribution in [3.63, 3.8) is 0 Å². The van der Waals surface area contributed by atoms with Crippen molar-refractivity contribution < 1.29 is 0 Å². The van der Waals surface area contributed by atoms with Crippen molar-refractivity contribution in [2.75, 3.05) is 10.2 Å². The molecule has 0 bridgehead atoms. The van der Waals surface area contributed by atoms with Gasteiger partial charge in [0.25, 0.3) is 0 Å². The number of nitrogens with one attached hydrogen (secondary N) is 1. The van der Waals surface area contributed by atoms with Crippen LogP contribution in [0.2, 0.25) is 0 Å². The molecule has 3 nitrogen and oxygen atoms in total. The van der Waals surface area contributed by atoms with E-state index in [1.807, 2.05) is 0 Å². The molecule has 0 spiro atoms. The fourth-order valence-electron chi connectivity index (χ4n) is 9.42. The monoisotopic (exact) mass is 839 g/mol. The van der Waals surface area contributed by atoms with Gasteiger partial charge < -0.3 is 10.2 Å². The maximum absolute atomic E-state index is 5.16. The number of nitrogens with zero attached hydrogens (tertiary/aromatic N) is 2. The number of benzene rings is 9. The van der Waals surface area contributed by atoms with E-state index in [0.717, 1.165) is 25.0 Å². The smallest absolute Gasteiger partial charge is 0.104 e. The fourth-order valence-corrected chi connectivity index (χ4v) is 9.42. The molecule has 1 atom stereocenters. The predicted molar refractivity (Wildman–Crippen MR) is 278 cm³/mol. The molecule has 1 aliphatic heterocycles. The largest absolute Gasteiger partial charge is 0.363 e. The first-order chi connectivity index (χ1) is 32.1. The van der Waals surface area contributed by atoms with Crippen LogP contribution in [-0.4, -0.2) is 11.9 Å². The predicted octanol–water partition coefficient (Wildman–Crippen LogP) is 16.7. The Balaban J connectivity index is 0.877. The molecule has 0 aromatic heterocycles. The standard InChI is InChI=1S/C62H53N3/c1-3-62-64-60-28-12-13-30-61(60)65(62)52-41-39-50(40-42-52)53-22-10-11-23-55(53)57-27-16-25-56-54(24-15-26-58(56)57)49-35-31-46(32-36-49)44(2)17-14-29-59(63-43-45-18-6-4-7-19-45)51-37-33-48(34-38-51)47-20-8-5-9-21-47/h4-13,15-28,30-42,62,64H,3,14,29,43H2,1-2H3/b44-17+,63-59+. The van der Waals surface area contributed by atoms with Gasteiger partial charge in [-0.15, -0.1) is 0 Å². The van der Waals surface area contributed by atoms with Crippen LogP contribution in [-0.2, 0) is 6.54 Å². The molecule has 10 rings (SSSR count). The molecular formula is C62H53N3. The highest BCUT2D eigenvalue weighted by molar-refractivity contribution is 6.06. The molecule has 0 saturated heterocycles. The average Bonchev–Trinajstić information content (AvgIpc) is 3.76. The second-order valence-electron chi connectivity index (χ2n) is 16.9. The molecule has 0 fully saturated rings. The van der Waals surface area contributed by atoms with Gasteiger partial charge in [-0.3, -0.25) is 4.99 Å². The third-order valence-corrected chi connectivity index (χ3v) is 12.9. The highest BCUT2D eigenvalue weighted by Crippen LogP contribution is 2.43. The Morgan fingerprint density at radius 2 is 1.06 bits per heavy atom. The van der Waals surface area contributed by atoms with Crippen molar-refractivity contribution >= 4 is 39.1 Å². The van der Waals surface area contributed by atoms with Crippen LogP contribution in [0.4, 0.5) is 17.1 Å². The zero-order chi connectivity index (χ0) is 44.0. The van der Waals surface area contributed by atoms with Gasteiger partial charge in [-0.2, -0.15) is 0 Å². The van der Waals surface area contributed by atoms with E-state index in [0.29, 0.717) is 6.54 Å². The average molecular weight is 840 g/mol. The highest BCUT2D eigenvalue weighted by atomic mass is 15.3. The molecule has 3 heteroatoms. The van der Waals surface area contributed by atoms with Crippen LogP contribution in [0.3, 0.4) is 0 Å². The number of allylic oxidation sites excluding steroid dienone is 2. The molecule has 1 N–H and O–H groups in total. The number of anilines is 3. The Morgan fingerprint density at radius 1 is 0.508 bits per heavy atom. The van der Waals surface area contributed by atoms with Crippen LogP contribution >= 0.6 is 0 Å². The van der Waals surface area contributed by atoms with Crippen molar-refractivity contribution in [1.82, 2.24) is 0 Å². The second kappa shape index (κ2) is 18.9. The van der Waals surface area contributed by atoms with E-state index in [-0.39, 0.29) is 6.17 Å². The van der Waals surface area contributed by atoms with Crippen molar-refractivity contribution in [1.29, 1.82) is 0 Å². The minimum absolute atomic E-state index is 0.233. The normalized spacial score (nSPS) is 13.8. The zero-order valence-corrected chi connectivity index (χ0v) is 37.2. The minimum Gasteiger partial charge on any atom is -0.363 e. The number of fused-ring (bicyclic) bond motifs is 2. The Labute approximate surface area is 384 Å². The highest BCUT2D eigenvalue weighted by Gasteiger charge is 2.28. The lowest BCUT2D eigenvalue weighted by molar-refractivity contribution is 0.728. The third-order valence-electron chi connectivity index (χ3n) is 12.9. The van der Waals surface area contributed by atoms with Gasteiger partial charge in [-0.25, -0.2) is 0 Å². The first kappa shape index (κ1) is 41.3. The van der Waals surface area contributed by atoms with Crippen molar-refractivity contribution in [2.24, 2.45) is 4.99 Å². The number of para-hydroxylation sites is 2. The van der Waals surface area contributed by atoms with E-state index in [2.05, 4.69) is 249 Å². The summed E-state index contributed by atoms with van der Waals surface area (Å²) < 4.78 is 0. The van der Waals surface area contributed by atoms with E-state index >= 15 is 0 Å². The zero-order valence-electron chi connectivity index (χ0n) is 37.2. The lowest BCUT2D eigenvalue weighted by Gasteiger charge is -2.26. The molecule has 0 amide bonds. The third kappa shape index (κ3) is 8.79. The summed E-state index contributed by atoms with van der Waals surface area (Å²) >= 11 is 0. The summed E-state index contributed by atoms with van der Waals surface area (Å²) in [4.78, 5) is 7.59. The number of hydrogen-bond acceptors (Lipinski definition) is 3. The van der Waals surface area contributed by atoms with Gasteiger partial charge in [-0.05, 0) is 128 Å². The molecule has 65 heavy (non-hydrogen) atoms. The summed E-state index contributed by atoms with van der Waals surface area (Å²) in [6.07, 6.45) is 5.37. The van der Waals surface area contributed by atoms with E-state index in [1.54, 1.807) is 0 Å². The van der Waals surface area contributed by atoms with Gasteiger partial charge in [0.2, 0.25) is 0 Å². The van der Waals surface area contributed by atoms with Crippen LogP contribution in [0.1, 0.15) is 49.8 Å². The van der Waals surface area contributed by atoms with Gasteiger partial charge in [0.1, 0.15) is 6.17 Å². The Morgan fingerprint density at radius 3 is 1.80 bits per heavy atom. The summed E-state index contributed by atoms with van der Waals surface area (Å²) in [7, 11) is 0. The van der Waals surface area contributed by atoms with E-state index in [4.69, 9.17) is 4.99 Å². The van der Waals surface area contributed by atoms with Crippen LogP contribution in [0.25, 0.3) is 60.9 Å². The lowest BCUT2D eigenvalue weighted by atomic mass is 9.89. The molecule has 0 radical (unpaired) electrons. The van der Waals surface area contributed by atoms with Gasteiger partial charge in [0.15, 0.2) is 0 Å². The van der Waals surface area contributed by atoms with Crippen molar-refractivity contribution in [3.05, 3.63) is 241 Å². The van der Waals surface area contributed by atoms with Crippen molar-refractivity contribution in [3.8, 4) is 44.5 Å². The maximum Gasteiger partial charge on any atom is 0.104 e. The maximum atomic E-state index is 5.16. The van der Waals surface area contributed by atoms with E-state index in [9.17, 15) is 0 Å². The summed E-state index contributed by atoms with van der Waals surface area (Å²) in [6, 6.07) is 79.1. The molecule has 1 heterocycles. The van der Waals surface area contributed by atoms with Gasteiger partial charge in [0, 0.05) is 11.4 Å². The lowest BCUT2D eigenvalue weighted by Crippen LogP contribution is -2.30. The number of aliphatic imine (C=N–C) groups is 1. The molecule has 1 aliphatic rings. The fraction of sp³-hybridized carbons (Fsp3) is 0.113. The summed E-state index contributed by atoms with van der Waals surface area (Å²) in [5.74, 6) is 0. The molecule has 1 unspecified atom stereocenters.